The van der Waals surface area contributed by atoms with E-state index >= 15 is 0 Å². The molecule has 1 N–H and O–H groups in total. The molecule has 1 heterocycles. The maximum absolute atomic E-state index is 11.7. The number of piperazine rings is 1. The monoisotopic (exact) mass is 274 g/mol. The Bertz CT molecular complexity index is 531. The normalized spacial score (nSPS) is 21.3. The number of hydrogen-bond donors (Lipinski definition) is 1. The molecule has 1 saturated carbocycles. The van der Waals surface area contributed by atoms with Gasteiger partial charge in [-0.3, -0.25) is 14.5 Å². The van der Waals surface area contributed by atoms with Crippen molar-refractivity contribution >= 4 is 17.5 Å². The van der Waals surface area contributed by atoms with Crippen LogP contribution in [0.5, 0.6) is 0 Å². The minimum atomic E-state index is -0.499. The van der Waals surface area contributed by atoms with Crippen molar-refractivity contribution in [1.82, 2.24) is 4.90 Å². The number of carbonyl (C=O) groups is 2. The molecule has 1 saturated heterocycles. The van der Waals surface area contributed by atoms with E-state index in [1.165, 1.54) is 11.9 Å². The van der Waals surface area contributed by atoms with E-state index in [9.17, 15) is 14.7 Å². The lowest BCUT2D eigenvalue weighted by Gasteiger charge is -2.32. The molecule has 106 valence electrons. The van der Waals surface area contributed by atoms with Gasteiger partial charge in [0.15, 0.2) is 0 Å². The molecule has 5 heteroatoms. The number of benzene rings is 1. The summed E-state index contributed by atoms with van der Waals surface area (Å²) < 4.78 is 0. The number of hydrogen-bond acceptors (Lipinski definition) is 4. The Morgan fingerprint density at radius 2 is 1.65 bits per heavy atom. The first kappa shape index (κ1) is 13.1. The standard InChI is InChI=1S/C15H18N2O3/c1-16-13(18)9-17(10-14(16)19)12-4-2-11(3-5-12)8-15(20)6-7-15/h2-5,20H,6-10H2,1H3. The minimum Gasteiger partial charge on any atom is -0.390 e. The molecule has 0 unspecified atom stereocenters. The van der Waals surface area contributed by atoms with Crippen LogP contribution >= 0.6 is 0 Å². The van der Waals surface area contributed by atoms with E-state index in [-0.39, 0.29) is 24.9 Å². The van der Waals surface area contributed by atoms with Gasteiger partial charge in [-0.2, -0.15) is 0 Å². The zero-order valence-corrected chi connectivity index (χ0v) is 11.5. The van der Waals surface area contributed by atoms with E-state index in [4.69, 9.17) is 0 Å². The van der Waals surface area contributed by atoms with Gasteiger partial charge in [-0.1, -0.05) is 12.1 Å². The van der Waals surface area contributed by atoms with E-state index in [0.29, 0.717) is 6.42 Å². The van der Waals surface area contributed by atoms with Crippen molar-refractivity contribution in [1.29, 1.82) is 0 Å². The molecule has 0 atom stereocenters. The first-order chi connectivity index (χ1) is 9.47. The molecule has 1 aromatic carbocycles. The van der Waals surface area contributed by atoms with Gasteiger partial charge in [-0.15, -0.1) is 0 Å². The van der Waals surface area contributed by atoms with Crippen molar-refractivity contribution in [3.05, 3.63) is 29.8 Å². The van der Waals surface area contributed by atoms with Gasteiger partial charge in [-0.25, -0.2) is 0 Å². The van der Waals surface area contributed by atoms with Gasteiger partial charge in [0.05, 0.1) is 18.7 Å². The number of carbonyl (C=O) groups excluding carboxylic acids is 2. The molecule has 3 rings (SSSR count). The van der Waals surface area contributed by atoms with Crippen LogP contribution in [0.15, 0.2) is 24.3 Å². The van der Waals surface area contributed by atoms with Crippen molar-refractivity contribution in [3.63, 3.8) is 0 Å². The lowest BCUT2D eigenvalue weighted by molar-refractivity contribution is -0.143. The van der Waals surface area contributed by atoms with Gasteiger partial charge in [0.1, 0.15) is 0 Å². The Labute approximate surface area is 117 Å². The van der Waals surface area contributed by atoms with E-state index in [1.54, 1.807) is 4.90 Å². The smallest absolute Gasteiger partial charge is 0.248 e. The second-order valence-corrected chi connectivity index (χ2v) is 5.77. The third-order valence-corrected chi connectivity index (χ3v) is 4.06. The summed E-state index contributed by atoms with van der Waals surface area (Å²) in [6, 6.07) is 7.73. The van der Waals surface area contributed by atoms with Crippen LogP contribution in [0.4, 0.5) is 5.69 Å². The summed E-state index contributed by atoms with van der Waals surface area (Å²) in [5.74, 6) is -0.366. The molecular weight excluding hydrogens is 256 g/mol. The predicted molar refractivity (Wildman–Crippen MR) is 74.3 cm³/mol. The molecule has 1 aromatic rings. The highest BCUT2D eigenvalue weighted by molar-refractivity contribution is 6.02. The minimum absolute atomic E-state index is 0.183. The van der Waals surface area contributed by atoms with Gasteiger partial charge in [0.2, 0.25) is 11.8 Å². The number of rotatable bonds is 3. The predicted octanol–water partition coefficient (Wildman–Crippen LogP) is 0.559. The summed E-state index contributed by atoms with van der Waals surface area (Å²) >= 11 is 0. The Balaban J connectivity index is 1.71. The van der Waals surface area contributed by atoms with E-state index in [0.717, 1.165) is 24.1 Å². The lowest BCUT2D eigenvalue weighted by atomic mass is 10.1. The molecule has 2 fully saturated rings. The first-order valence-electron chi connectivity index (χ1n) is 6.83. The molecule has 1 aliphatic carbocycles. The molecule has 20 heavy (non-hydrogen) atoms. The van der Waals surface area contributed by atoms with Gasteiger partial charge in [0, 0.05) is 19.2 Å². The molecular formula is C15H18N2O3. The summed E-state index contributed by atoms with van der Waals surface area (Å²) in [5.41, 5.74) is 1.45. The third kappa shape index (κ3) is 2.54. The first-order valence-corrected chi connectivity index (χ1v) is 6.83. The van der Waals surface area contributed by atoms with Crippen LogP contribution in [0, 0.1) is 0 Å². The third-order valence-electron chi connectivity index (χ3n) is 4.06. The maximum Gasteiger partial charge on any atom is 0.248 e. The molecule has 0 aromatic heterocycles. The highest BCUT2D eigenvalue weighted by Gasteiger charge is 2.40. The van der Waals surface area contributed by atoms with Crippen LogP contribution in [-0.2, 0) is 16.0 Å². The molecule has 2 aliphatic rings. The van der Waals surface area contributed by atoms with Crippen molar-refractivity contribution in [2.24, 2.45) is 0 Å². The van der Waals surface area contributed by atoms with Crippen LogP contribution in [-0.4, -0.2) is 47.6 Å². The summed E-state index contributed by atoms with van der Waals surface area (Å²) in [4.78, 5) is 26.3. The maximum atomic E-state index is 11.7. The summed E-state index contributed by atoms with van der Waals surface area (Å²) in [6.07, 6.45) is 2.42. The van der Waals surface area contributed by atoms with Crippen LogP contribution in [0.3, 0.4) is 0 Å². The Morgan fingerprint density at radius 3 is 2.15 bits per heavy atom. The van der Waals surface area contributed by atoms with Gasteiger partial charge in [0.25, 0.3) is 0 Å². The molecule has 0 radical (unpaired) electrons. The number of likely N-dealkylation sites (N-methyl/N-ethyl adjacent to an activating group) is 1. The SMILES string of the molecule is CN1C(=O)CN(c2ccc(CC3(O)CC3)cc2)CC1=O. The fourth-order valence-corrected chi connectivity index (χ4v) is 2.44. The topological polar surface area (TPSA) is 60.9 Å². The Morgan fingerprint density at radius 1 is 1.10 bits per heavy atom. The Kier molecular flexibility index (Phi) is 3.01. The fraction of sp³-hybridized carbons (Fsp3) is 0.467. The molecule has 0 bridgehead atoms. The van der Waals surface area contributed by atoms with Gasteiger partial charge in [-0.05, 0) is 30.5 Å². The molecule has 1 aliphatic heterocycles. The summed E-state index contributed by atoms with van der Waals surface area (Å²) in [6.45, 7) is 0.455. The number of anilines is 1. The van der Waals surface area contributed by atoms with Crippen LogP contribution in [0.25, 0.3) is 0 Å². The average molecular weight is 274 g/mol. The summed E-state index contributed by atoms with van der Waals surface area (Å²) in [5, 5.41) is 9.89. The second-order valence-electron chi connectivity index (χ2n) is 5.77. The highest BCUT2D eigenvalue weighted by atomic mass is 16.3. The van der Waals surface area contributed by atoms with Crippen molar-refractivity contribution in [2.75, 3.05) is 25.0 Å². The van der Waals surface area contributed by atoms with Gasteiger partial charge >= 0.3 is 0 Å². The average Bonchev–Trinajstić information content (AvgIpc) is 3.14. The van der Waals surface area contributed by atoms with Crippen LogP contribution in [0.1, 0.15) is 18.4 Å². The van der Waals surface area contributed by atoms with E-state index < -0.39 is 5.60 Å². The number of amides is 2. The number of aliphatic hydroxyl groups is 1. The fourth-order valence-electron chi connectivity index (χ4n) is 2.44. The molecule has 2 amide bonds. The van der Waals surface area contributed by atoms with Crippen molar-refractivity contribution in [3.8, 4) is 0 Å². The second kappa shape index (κ2) is 4.59. The largest absolute Gasteiger partial charge is 0.390 e. The van der Waals surface area contributed by atoms with Crippen molar-refractivity contribution < 1.29 is 14.7 Å². The van der Waals surface area contributed by atoms with Crippen LogP contribution in [0.2, 0.25) is 0 Å². The quantitative estimate of drug-likeness (QED) is 0.818. The number of imide groups is 1. The molecule has 0 spiro atoms. The highest BCUT2D eigenvalue weighted by Crippen LogP contribution is 2.38. The zero-order chi connectivity index (χ0) is 14.3. The zero-order valence-electron chi connectivity index (χ0n) is 11.5. The summed E-state index contributed by atoms with van der Waals surface area (Å²) in [7, 11) is 1.52. The Hall–Kier alpha value is -1.88. The molecule has 5 nitrogen and oxygen atoms in total. The van der Waals surface area contributed by atoms with Crippen LogP contribution < -0.4 is 4.90 Å². The van der Waals surface area contributed by atoms with Gasteiger partial charge < -0.3 is 10.0 Å². The van der Waals surface area contributed by atoms with E-state index in [2.05, 4.69) is 0 Å². The lowest BCUT2D eigenvalue weighted by Crippen LogP contribution is -2.52. The van der Waals surface area contributed by atoms with Crippen molar-refractivity contribution in [2.45, 2.75) is 24.9 Å². The van der Waals surface area contributed by atoms with E-state index in [1.807, 2.05) is 24.3 Å². The number of nitrogens with zero attached hydrogens (tertiary/aromatic N) is 2.